The van der Waals surface area contributed by atoms with Crippen molar-refractivity contribution in [1.82, 2.24) is 5.32 Å². The van der Waals surface area contributed by atoms with Crippen molar-refractivity contribution in [1.29, 1.82) is 0 Å². The quantitative estimate of drug-likeness (QED) is 0.849. The molecule has 1 aliphatic carbocycles. The molecule has 1 aromatic carbocycles. The van der Waals surface area contributed by atoms with E-state index in [1.54, 1.807) is 6.92 Å². The van der Waals surface area contributed by atoms with Crippen LogP contribution in [-0.2, 0) is 16.1 Å². The summed E-state index contributed by atoms with van der Waals surface area (Å²) < 4.78 is 32.1. The number of carbonyl (C=O) groups excluding carboxylic acids is 1. The van der Waals surface area contributed by atoms with Crippen molar-refractivity contribution in [2.24, 2.45) is 5.92 Å². The van der Waals surface area contributed by atoms with E-state index in [-0.39, 0.29) is 25.5 Å². The molecule has 1 fully saturated rings. The molecule has 116 valence electrons. The third-order valence-electron chi connectivity index (χ3n) is 3.83. The second-order valence-electron chi connectivity index (χ2n) is 5.43. The predicted octanol–water partition coefficient (Wildman–Crippen LogP) is 3.14. The Morgan fingerprint density at radius 2 is 2.10 bits per heavy atom. The minimum absolute atomic E-state index is 0.185. The fourth-order valence-electron chi connectivity index (χ4n) is 2.72. The van der Waals surface area contributed by atoms with Crippen LogP contribution < -0.4 is 5.32 Å². The number of ether oxygens (including phenoxy) is 1. The first-order valence-corrected chi connectivity index (χ1v) is 7.33. The summed E-state index contributed by atoms with van der Waals surface area (Å²) in [4.78, 5) is 11.9. The van der Waals surface area contributed by atoms with E-state index in [1.807, 2.05) is 30.3 Å². The number of hydrogen-bond acceptors (Lipinski definition) is 3. The van der Waals surface area contributed by atoms with Gasteiger partial charge >= 0.3 is 5.97 Å². The SMILES string of the molecule is CCOC(=O)[C@H]1CC(F)(F)CC[C@H]1NCc1ccccc1. The van der Waals surface area contributed by atoms with Crippen LogP contribution in [0.5, 0.6) is 0 Å². The third kappa shape index (κ3) is 4.49. The third-order valence-corrected chi connectivity index (χ3v) is 3.83. The van der Waals surface area contributed by atoms with Gasteiger partial charge in [0.15, 0.2) is 0 Å². The second-order valence-corrected chi connectivity index (χ2v) is 5.43. The van der Waals surface area contributed by atoms with Gasteiger partial charge in [0.05, 0.1) is 12.5 Å². The number of carbonyl (C=O) groups is 1. The molecule has 1 saturated carbocycles. The Morgan fingerprint density at radius 1 is 1.38 bits per heavy atom. The highest BCUT2D eigenvalue weighted by Crippen LogP contribution is 2.37. The first kappa shape index (κ1) is 15.9. The minimum Gasteiger partial charge on any atom is -0.466 e. The predicted molar refractivity (Wildman–Crippen MR) is 76.0 cm³/mol. The van der Waals surface area contributed by atoms with Crippen LogP contribution in [0.4, 0.5) is 8.78 Å². The van der Waals surface area contributed by atoms with Gasteiger partial charge in [-0.15, -0.1) is 0 Å². The fraction of sp³-hybridized carbons (Fsp3) is 0.562. The molecule has 2 atom stereocenters. The fourth-order valence-corrected chi connectivity index (χ4v) is 2.72. The molecular weight excluding hydrogens is 276 g/mol. The number of esters is 1. The van der Waals surface area contributed by atoms with E-state index < -0.39 is 24.2 Å². The maximum atomic E-state index is 13.6. The van der Waals surface area contributed by atoms with Gasteiger partial charge in [-0.05, 0) is 18.9 Å². The summed E-state index contributed by atoms with van der Waals surface area (Å²) in [6, 6.07) is 9.44. The lowest BCUT2D eigenvalue weighted by atomic mass is 9.82. The molecule has 0 aromatic heterocycles. The van der Waals surface area contributed by atoms with Gasteiger partial charge in [0, 0.05) is 25.4 Å². The summed E-state index contributed by atoms with van der Waals surface area (Å²) in [6.07, 6.45) is -0.336. The molecule has 3 nitrogen and oxygen atoms in total. The van der Waals surface area contributed by atoms with Gasteiger partial charge in [0.2, 0.25) is 5.92 Å². The van der Waals surface area contributed by atoms with Gasteiger partial charge in [-0.25, -0.2) is 8.78 Å². The number of halogens is 2. The lowest BCUT2D eigenvalue weighted by Crippen LogP contribution is -2.47. The summed E-state index contributed by atoms with van der Waals surface area (Å²) in [5, 5.41) is 3.23. The monoisotopic (exact) mass is 297 g/mol. The number of hydrogen-bond donors (Lipinski definition) is 1. The Bertz CT molecular complexity index is 465. The summed E-state index contributed by atoms with van der Waals surface area (Å²) in [5.74, 6) is -4.08. The highest BCUT2D eigenvalue weighted by Gasteiger charge is 2.45. The Hall–Kier alpha value is -1.49. The summed E-state index contributed by atoms with van der Waals surface area (Å²) in [7, 11) is 0. The average Bonchev–Trinajstić information content (AvgIpc) is 2.46. The Labute approximate surface area is 123 Å². The molecule has 0 bridgehead atoms. The lowest BCUT2D eigenvalue weighted by Gasteiger charge is -2.35. The maximum Gasteiger partial charge on any atom is 0.310 e. The maximum absolute atomic E-state index is 13.6. The second kappa shape index (κ2) is 6.98. The molecule has 0 heterocycles. The summed E-state index contributed by atoms with van der Waals surface area (Å²) >= 11 is 0. The van der Waals surface area contributed by atoms with Gasteiger partial charge < -0.3 is 10.1 Å². The van der Waals surface area contributed by atoms with Crippen LogP contribution in [0.15, 0.2) is 30.3 Å². The zero-order valence-corrected chi connectivity index (χ0v) is 12.1. The van der Waals surface area contributed by atoms with Crippen molar-refractivity contribution in [2.45, 2.75) is 44.7 Å². The van der Waals surface area contributed by atoms with Crippen molar-refractivity contribution in [3.05, 3.63) is 35.9 Å². The molecule has 1 N–H and O–H groups in total. The molecule has 0 radical (unpaired) electrons. The van der Waals surface area contributed by atoms with Crippen LogP contribution in [0.25, 0.3) is 0 Å². The van der Waals surface area contributed by atoms with E-state index in [1.165, 1.54) is 0 Å². The van der Waals surface area contributed by atoms with Crippen LogP contribution in [0.1, 0.15) is 31.7 Å². The highest BCUT2D eigenvalue weighted by atomic mass is 19.3. The van der Waals surface area contributed by atoms with Gasteiger partial charge in [0.25, 0.3) is 0 Å². The first-order chi connectivity index (χ1) is 10.0. The summed E-state index contributed by atoms with van der Waals surface area (Å²) in [6.45, 7) is 2.46. The topological polar surface area (TPSA) is 38.3 Å². The molecule has 1 aliphatic rings. The van der Waals surface area contributed by atoms with Gasteiger partial charge in [-0.2, -0.15) is 0 Å². The van der Waals surface area contributed by atoms with Gasteiger partial charge in [-0.3, -0.25) is 4.79 Å². The van der Waals surface area contributed by atoms with Gasteiger partial charge in [-0.1, -0.05) is 30.3 Å². The van der Waals surface area contributed by atoms with Crippen LogP contribution >= 0.6 is 0 Å². The molecular formula is C16H21F2NO2. The van der Waals surface area contributed by atoms with Crippen LogP contribution in [-0.4, -0.2) is 24.5 Å². The normalized spacial score (nSPS) is 24.5. The Balaban J connectivity index is 1.99. The molecule has 0 unspecified atom stereocenters. The highest BCUT2D eigenvalue weighted by molar-refractivity contribution is 5.73. The van der Waals surface area contributed by atoms with E-state index in [0.29, 0.717) is 6.54 Å². The van der Waals surface area contributed by atoms with Crippen molar-refractivity contribution in [3.63, 3.8) is 0 Å². The average molecular weight is 297 g/mol. The lowest BCUT2D eigenvalue weighted by molar-refractivity contribution is -0.157. The first-order valence-electron chi connectivity index (χ1n) is 7.33. The Morgan fingerprint density at radius 3 is 2.76 bits per heavy atom. The largest absolute Gasteiger partial charge is 0.466 e. The molecule has 2 rings (SSSR count). The van der Waals surface area contributed by atoms with Crippen LogP contribution in [0.3, 0.4) is 0 Å². The zero-order valence-electron chi connectivity index (χ0n) is 12.1. The van der Waals surface area contributed by atoms with Crippen LogP contribution in [0.2, 0.25) is 0 Å². The van der Waals surface area contributed by atoms with E-state index in [2.05, 4.69) is 5.32 Å². The van der Waals surface area contributed by atoms with Gasteiger partial charge in [0.1, 0.15) is 0 Å². The van der Waals surface area contributed by atoms with Crippen molar-refractivity contribution in [2.75, 3.05) is 6.61 Å². The van der Waals surface area contributed by atoms with Crippen LogP contribution in [0, 0.1) is 5.92 Å². The molecule has 1 aromatic rings. The van der Waals surface area contributed by atoms with E-state index in [4.69, 9.17) is 4.74 Å². The zero-order chi connectivity index (χ0) is 15.3. The Kier molecular flexibility index (Phi) is 5.28. The van der Waals surface area contributed by atoms with Crippen molar-refractivity contribution in [3.8, 4) is 0 Å². The minimum atomic E-state index is -2.78. The number of rotatable bonds is 5. The molecule has 0 saturated heterocycles. The molecule has 0 aliphatic heterocycles. The number of nitrogens with one attached hydrogen (secondary N) is 1. The molecule has 5 heteroatoms. The standard InChI is InChI=1S/C16H21F2NO2/c1-2-21-15(20)13-10-16(17,18)9-8-14(13)19-11-12-6-4-3-5-7-12/h3-7,13-14,19H,2,8-11H2,1H3/t13-,14+/m0/s1. The van der Waals surface area contributed by atoms with E-state index in [9.17, 15) is 13.6 Å². The number of benzene rings is 1. The van der Waals surface area contributed by atoms with E-state index >= 15 is 0 Å². The van der Waals surface area contributed by atoms with E-state index in [0.717, 1.165) is 5.56 Å². The summed E-state index contributed by atoms with van der Waals surface area (Å²) in [5.41, 5.74) is 1.07. The molecule has 0 spiro atoms. The van der Waals surface area contributed by atoms with Crippen molar-refractivity contribution < 1.29 is 18.3 Å². The molecule has 0 amide bonds. The smallest absolute Gasteiger partial charge is 0.310 e. The van der Waals surface area contributed by atoms with Crippen molar-refractivity contribution >= 4 is 5.97 Å². The molecule has 21 heavy (non-hydrogen) atoms. The number of alkyl halides is 2.